The maximum atomic E-state index is 2.50. The third kappa shape index (κ3) is 5.72. The quantitative estimate of drug-likeness (QED) is 0.161. The number of hydrogen-bond donors (Lipinski definition) is 0. The highest BCUT2D eigenvalue weighted by atomic mass is 15.0. The highest BCUT2D eigenvalue weighted by Gasteiger charge is 2.22. The molecule has 0 radical (unpaired) electrons. The molecule has 2 nitrogen and oxygen atoms in total. The molecule has 0 fully saturated rings. The summed E-state index contributed by atoms with van der Waals surface area (Å²) in [5, 5.41) is 3.82. The van der Waals surface area contributed by atoms with Gasteiger partial charge in [0, 0.05) is 38.8 Å². The number of hydrogen-bond acceptors (Lipinski definition) is 0. The van der Waals surface area contributed by atoms with Crippen LogP contribution in [0.15, 0.2) is 200 Å². The fourth-order valence-corrected chi connectivity index (χ4v) is 9.04. The molecule has 0 N–H and O–H groups in total. The molecule has 0 aliphatic heterocycles. The SMILES string of the molecule is CC1C=Cc2c(n(-c3ccc(-c4cccc(-c5ccccc5)c4)cc3)c3ccc(-c4ccc5c(c4)c4ccccc4n5-c4ccc(-c5ccccc5)cc4)cc23)C1. The minimum Gasteiger partial charge on any atom is -0.313 e. The summed E-state index contributed by atoms with van der Waals surface area (Å²) < 4.78 is 4.90. The van der Waals surface area contributed by atoms with Crippen LogP contribution in [0.2, 0.25) is 0 Å². The Morgan fingerprint density at radius 3 is 1.49 bits per heavy atom. The summed E-state index contributed by atoms with van der Waals surface area (Å²) in [5.74, 6) is 0.481. The Kier molecular flexibility index (Phi) is 7.89. The molecule has 10 aromatic rings. The van der Waals surface area contributed by atoms with Gasteiger partial charge < -0.3 is 9.13 Å². The van der Waals surface area contributed by atoms with E-state index in [9.17, 15) is 0 Å². The van der Waals surface area contributed by atoms with Crippen molar-refractivity contribution in [1.29, 1.82) is 0 Å². The second kappa shape index (κ2) is 13.5. The predicted octanol–water partition coefficient (Wildman–Crippen LogP) is 14.6. The lowest BCUT2D eigenvalue weighted by molar-refractivity contribution is 0.690. The molecule has 2 aromatic heterocycles. The molecule has 0 amide bonds. The average Bonchev–Trinajstić information content (AvgIpc) is 3.78. The Balaban J connectivity index is 0.980. The number of fused-ring (bicyclic) bond motifs is 6. The van der Waals surface area contributed by atoms with Crippen LogP contribution >= 0.6 is 0 Å². The van der Waals surface area contributed by atoms with Crippen molar-refractivity contribution in [3.8, 4) is 55.9 Å². The number of nitrogens with zero attached hydrogens (tertiary/aromatic N) is 2. The summed E-state index contributed by atoms with van der Waals surface area (Å²) in [4.78, 5) is 0. The first-order valence-electron chi connectivity index (χ1n) is 20.0. The van der Waals surface area contributed by atoms with Crippen LogP contribution in [0.25, 0.3) is 94.7 Å². The smallest absolute Gasteiger partial charge is 0.0541 e. The van der Waals surface area contributed by atoms with Gasteiger partial charge in [-0.25, -0.2) is 0 Å². The first kappa shape index (κ1) is 33.2. The summed E-state index contributed by atoms with van der Waals surface area (Å²) in [6, 6.07) is 71.0. The van der Waals surface area contributed by atoms with Gasteiger partial charge in [0.2, 0.25) is 0 Å². The van der Waals surface area contributed by atoms with E-state index in [2.05, 4.69) is 222 Å². The molecule has 2 heterocycles. The lowest BCUT2D eigenvalue weighted by Crippen LogP contribution is -2.08. The van der Waals surface area contributed by atoms with Crippen LogP contribution in [-0.4, -0.2) is 9.13 Å². The topological polar surface area (TPSA) is 9.86 Å². The van der Waals surface area contributed by atoms with Crippen LogP contribution in [0.1, 0.15) is 18.2 Å². The number of aromatic nitrogens is 2. The minimum atomic E-state index is 0.481. The lowest BCUT2D eigenvalue weighted by Gasteiger charge is -2.17. The summed E-state index contributed by atoms with van der Waals surface area (Å²) >= 11 is 0. The third-order valence-corrected chi connectivity index (χ3v) is 11.9. The Labute approximate surface area is 333 Å². The second-order valence-electron chi connectivity index (χ2n) is 15.5. The Hall–Kier alpha value is -7.16. The van der Waals surface area contributed by atoms with Crippen molar-refractivity contribution < 1.29 is 0 Å². The molecule has 2 heteroatoms. The molecule has 1 atom stereocenters. The van der Waals surface area contributed by atoms with E-state index in [1.54, 1.807) is 0 Å². The first-order valence-corrected chi connectivity index (χ1v) is 20.0. The molecule has 1 aliphatic carbocycles. The molecule has 0 spiro atoms. The molecular formula is C55H40N2. The Bertz CT molecular complexity index is 3120. The standard InChI is InChI=1S/C55H40N2/c1-37-19-30-49-51-36-45(25-32-54(51)57(55(49)33-37)47-28-22-41(23-29-47)43-16-10-15-42(34-43)39-13-6-3-7-14-39)44-24-31-53-50(35-44)48-17-8-9-18-52(48)56(53)46-26-20-40(21-27-46)38-11-4-2-5-12-38/h2-32,34-37H,33H2,1H3. The molecular weight excluding hydrogens is 689 g/mol. The van der Waals surface area contributed by atoms with Gasteiger partial charge in [0.1, 0.15) is 0 Å². The van der Waals surface area contributed by atoms with E-state index in [0.717, 1.165) is 12.1 Å². The van der Waals surface area contributed by atoms with E-state index in [0.29, 0.717) is 5.92 Å². The molecule has 0 bridgehead atoms. The molecule has 0 saturated carbocycles. The summed E-state index contributed by atoms with van der Waals surface area (Å²) in [5.41, 5.74) is 18.6. The third-order valence-electron chi connectivity index (χ3n) is 11.9. The van der Waals surface area contributed by atoms with Crippen LogP contribution in [0.4, 0.5) is 0 Å². The van der Waals surface area contributed by atoms with Gasteiger partial charge in [0.15, 0.2) is 0 Å². The van der Waals surface area contributed by atoms with E-state index in [1.807, 2.05) is 0 Å². The van der Waals surface area contributed by atoms with Gasteiger partial charge in [-0.15, -0.1) is 0 Å². The van der Waals surface area contributed by atoms with Gasteiger partial charge in [-0.1, -0.05) is 153 Å². The maximum absolute atomic E-state index is 2.50. The number of benzene rings is 8. The Morgan fingerprint density at radius 2 is 0.825 bits per heavy atom. The maximum Gasteiger partial charge on any atom is 0.0541 e. The summed E-state index contributed by atoms with van der Waals surface area (Å²) in [6.45, 7) is 2.32. The van der Waals surface area contributed by atoms with Gasteiger partial charge in [-0.05, 0) is 118 Å². The highest BCUT2D eigenvalue weighted by Crippen LogP contribution is 2.40. The zero-order valence-corrected chi connectivity index (χ0v) is 31.8. The van der Waals surface area contributed by atoms with Crippen LogP contribution in [0.3, 0.4) is 0 Å². The molecule has 11 rings (SSSR count). The number of para-hydroxylation sites is 1. The fraction of sp³-hybridized carbons (Fsp3) is 0.0545. The molecule has 57 heavy (non-hydrogen) atoms. The van der Waals surface area contributed by atoms with Crippen LogP contribution < -0.4 is 0 Å². The fourth-order valence-electron chi connectivity index (χ4n) is 9.04. The number of rotatable bonds is 6. The molecule has 8 aromatic carbocycles. The monoisotopic (exact) mass is 728 g/mol. The molecule has 1 unspecified atom stereocenters. The summed E-state index contributed by atoms with van der Waals surface area (Å²) in [6.07, 6.45) is 5.73. The van der Waals surface area contributed by atoms with Crippen molar-refractivity contribution in [2.24, 2.45) is 5.92 Å². The van der Waals surface area contributed by atoms with Gasteiger partial charge in [0.05, 0.1) is 16.6 Å². The van der Waals surface area contributed by atoms with Gasteiger partial charge in [-0.3, -0.25) is 0 Å². The normalized spacial score (nSPS) is 13.7. The van der Waals surface area contributed by atoms with Crippen molar-refractivity contribution in [3.05, 3.63) is 211 Å². The van der Waals surface area contributed by atoms with Crippen LogP contribution in [0.5, 0.6) is 0 Å². The van der Waals surface area contributed by atoms with E-state index < -0.39 is 0 Å². The number of allylic oxidation sites excluding steroid dienone is 1. The van der Waals surface area contributed by atoms with Gasteiger partial charge in [-0.2, -0.15) is 0 Å². The lowest BCUT2D eigenvalue weighted by atomic mass is 9.93. The van der Waals surface area contributed by atoms with Crippen molar-refractivity contribution in [2.45, 2.75) is 13.3 Å². The van der Waals surface area contributed by atoms with E-state index >= 15 is 0 Å². The van der Waals surface area contributed by atoms with Crippen LogP contribution in [-0.2, 0) is 6.42 Å². The van der Waals surface area contributed by atoms with E-state index in [4.69, 9.17) is 0 Å². The molecule has 1 aliphatic rings. The van der Waals surface area contributed by atoms with Gasteiger partial charge in [0.25, 0.3) is 0 Å². The zero-order chi connectivity index (χ0) is 37.9. The van der Waals surface area contributed by atoms with Crippen LogP contribution in [0, 0.1) is 5.92 Å². The molecule has 0 saturated heterocycles. The van der Waals surface area contributed by atoms with E-state index in [1.165, 1.54) is 94.2 Å². The van der Waals surface area contributed by atoms with E-state index in [-0.39, 0.29) is 0 Å². The minimum absolute atomic E-state index is 0.481. The average molecular weight is 729 g/mol. The first-order chi connectivity index (χ1) is 28.2. The largest absolute Gasteiger partial charge is 0.313 e. The van der Waals surface area contributed by atoms with Crippen molar-refractivity contribution in [2.75, 3.05) is 0 Å². The zero-order valence-electron chi connectivity index (χ0n) is 31.8. The Morgan fingerprint density at radius 1 is 0.368 bits per heavy atom. The second-order valence-corrected chi connectivity index (χ2v) is 15.5. The predicted molar refractivity (Wildman–Crippen MR) is 241 cm³/mol. The summed E-state index contributed by atoms with van der Waals surface area (Å²) in [7, 11) is 0. The highest BCUT2D eigenvalue weighted by molar-refractivity contribution is 6.10. The van der Waals surface area contributed by atoms with Crippen molar-refractivity contribution >= 4 is 38.8 Å². The van der Waals surface area contributed by atoms with Crippen molar-refractivity contribution in [1.82, 2.24) is 9.13 Å². The molecule has 270 valence electrons. The van der Waals surface area contributed by atoms with Gasteiger partial charge >= 0.3 is 0 Å². The van der Waals surface area contributed by atoms with Crippen molar-refractivity contribution in [3.63, 3.8) is 0 Å².